The molecular formula is C19H24Cl2N4O+2. The van der Waals surface area contributed by atoms with Gasteiger partial charge in [0, 0.05) is 19.7 Å². The third-order valence-corrected chi connectivity index (χ3v) is 5.47. The Morgan fingerprint density at radius 2 is 1.96 bits per heavy atom. The summed E-state index contributed by atoms with van der Waals surface area (Å²) in [5, 5.41) is 1.05. The highest BCUT2D eigenvalue weighted by Gasteiger charge is 2.28. The number of hydrogen-bond acceptors (Lipinski definition) is 2. The van der Waals surface area contributed by atoms with E-state index in [1.165, 1.54) is 4.90 Å². The monoisotopic (exact) mass is 394 g/mol. The summed E-state index contributed by atoms with van der Waals surface area (Å²) in [6.07, 6.45) is 1.94. The molecule has 1 fully saturated rings. The highest BCUT2D eigenvalue weighted by atomic mass is 35.5. The number of benzene rings is 1. The topological polar surface area (TPSA) is 42.1 Å². The molecule has 2 aromatic rings. The van der Waals surface area contributed by atoms with E-state index in [0.717, 1.165) is 37.6 Å². The van der Waals surface area contributed by atoms with Gasteiger partial charge in [-0.15, -0.1) is 0 Å². The Labute approximate surface area is 164 Å². The summed E-state index contributed by atoms with van der Waals surface area (Å²) in [5.74, 6) is 1.28. The number of aromatic nitrogens is 1. The average molecular weight is 395 g/mol. The summed E-state index contributed by atoms with van der Waals surface area (Å²) >= 11 is 12.0. The van der Waals surface area contributed by atoms with Crippen molar-refractivity contribution in [1.29, 1.82) is 0 Å². The van der Waals surface area contributed by atoms with Gasteiger partial charge in [0.2, 0.25) is 0 Å². The van der Waals surface area contributed by atoms with Gasteiger partial charge in [-0.3, -0.25) is 9.69 Å². The Morgan fingerprint density at radius 3 is 2.62 bits per heavy atom. The fraction of sp³-hybridized carbons (Fsp3) is 0.368. The van der Waals surface area contributed by atoms with Gasteiger partial charge in [-0.2, -0.15) is 0 Å². The van der Waals surface area contributed by atoms with E-state index >= 15 is 0 Å². The lowest BCUT2D eigenvalue weighted by Gasteiger charge is -2.29. The number of nitrogens with zero attached hydrogens (tertiary/aromatic N) is 2. The van der Waals surface area contributed by atoms with Crippen molar-refractivity contribution in [3.63, 3.8) is 0 Å². The normalized spacial score (nSPS) is 15.1. The minimum Gasteiger partial charge on any atom is -0.337 e. The molecule has 0 radical (unpaired) electrons. The standard InChI is InChI=1S/C19H22Cl2N4O/c1-23(13-15-5-6-16(20)17(21)12-15)19(26)14-24-8-10-25(11-9-24)18-4-2-3-7-22-18/h2-7,12H,8-11,13-14H2,1H3/p+2. The Hall–Kier alpha value is -1.82. The number of anilines is 1. The lowest BCUT2D eigenvalue weighted by atomic mass is 10.2. The number of nitrogens with one attached hydrogen (secondary N) is 2. The molecule has 0 atom stereocenters. The van der Waals surface area contributed by atoms with Crippen LogP contribution in [-0.2, 0) is 11.3 Å². The van der Waals surface area contributed by atoms with Crippen LogP contribution in [0.15, 0.2) is 42.6 Å². The number of H-pyrrole nitrogens is 1. The fourth-order valence-corrected chi connectivity index (χ4v) is 3.49. The molecule has 5 nitrogen and oxygen atoms in total. The van der Waals surface area contributed by atoms with E-state index in [1.807, 2.05) is 37.5 Å². The molecule has 0 spiro atoms. The van der Waals surface area contributed by atoms with E-state index in [-0.39, 0.29) is 5.91 Å². The van der Waals surface area contributed by atoms with Crippen molar-refractivity contribution in [2.24, 2.45) is 0 Å². The van der Waals surface area contributed by atoms with Crippen molar-refractivity contribution in [2.45, 2.75) is 6.54 Å². The lowest BCUT2D eigenvalue weighted by Crippen LogP contribution is -3.15. The molecule has 1 aliphatic rings. The third-order valence-electron chi connectivity index (χ3n) is 4.73. The van der Waals surface area contributed by atoms with E-state index in [4.69, 9.17) is 23.2 Å². The van der Waals surface area contributed by atoms with Crippen molar-refractivity contribution >= 4 is 34.9 Å². The van der Waals surface area contributed by atoms with Gasteiger partial charge < -0.3 is 9.80 Å². The van der Waals surface area contributed by atoms with Gasteiger partial charge in [0.05, 0.1) is 16.2 Å². The molecule has 0 saturated carbocycles. The molecule has 1 aliphatic heterocycles. The zero-order chi connectivity index (χ0) is 18.5. The molecule has 1 aromatic heterocycles. The van der Waals surface area contributed by atoms with Crippen LogP contribution in [0, 0.1) is 0 Å². The zero-order valence-corrected chi connectivity index (χ0v) is 16.4. The fourth-order valence-electron chi connectivity index (χ4n) is 3.17. The highest BCUT2D eigenvalue weighted by molar-refractivity contribution is 6.42. The first-order valence-corrected chi connectivity index (χ1v) is 9.51. The Morgan fingerprint density at radius 1 is 1.19 bits per heavy atom. The maximum absolute atomic E-state index is 12.5. The summed E-state index contributed by atoms with van der Waals surface area (Å²) in [7, 11) is 1.83. The highest BCUT2D eigenvalue weighted by Crippen LogP contribution is 2.23. The first kappa shape index (κ1) is 19.0. The minimum absolute atomic E-state index is 0.144. The van der Waals surface area contributed by atoms with Crippen LogP contribution >= 0.6 is 23.2 Å². The number of amides is 1. The van der Waals surface area contributed by atoms with E-state index in [1.54, 1.807) is 11.0 Å². The van der Waals surface area contributed by atoms with Crippen LogP contribution in [0.2, 0.25) is 10.0 Å². The molecule has 0 aliphatic carbocycles. The van der Waals surface area contributed by atoms with Gasteiger partial charge in [-0.1, -0.05) is 35.3 Å². The minimum atomic E-state index is 0.144. The summed E-state index contributed by atoms with van der Waals surface area (Å²) in [4.78, 5) is 21.2. The van der Waals surface area contributed by atoms with Crippen LogP contribution in [0.4, 0.5) is 5.82 Å². The Bertz CT molecular complexity index is 748. The second kappa shape index (κ2) is 8.71. The molecule has 26 heavy (non-hydrogen) atoms. The predicted molar refractivity (Wildman–Crippen MR) is 104 cm³/mol. The van der Waals surface area contributed by atoms with Gasteiger partial charge >= 0.3 is 0 Å². The summed E-state index contributed by atoms with van der Waals surface area (Å²) < 4.78 is 0. The molecule has 2 heterocycles. The Balaban J connectivity index is 1.48. The van der Waals surface area contributed by atoms with Crippen molar-refractivity contribution < 1.29 is 14.7 Å². The smallest absolute Gasteiger partial charge is 0.277 e. The lowest BCUT2D eigenvalue weighted by molar-refractivity contribution is -0.892. The number of carbonyl (C=O) groups excluding carboxylic acids is 1. The number of hydrogen-bond donors (Lipinski definition) is 1. The first-order valence-electron chi connectivity index (χ1n) is 8.76. The molecule has 1 amide bonds. The number of halogens is 2. The van der Waals surface area contributed by atoms with Gasteiger partial charge in [0.15, 0.2) is 6.54 Å². The number of carbonyl (C=O) groups is 1. The van der Waals surface area contributed by atoms with Gasteiger partial charge in [0.1, 0.15) is 26.2 Å². The zero-order valence-electron chi connectivity index (χ0n) is 14.8. The number of aromatic amines is 1. The van der Waals surface area contributed by atoms with Crippen LogP contribution in [0.5, 0.6) is 0 Å². The summed E-state index contributed by atoms with van der Waals surface area (Å²) in [5.41, 5.74) is 0.981. The third kappa shape index (κ3) is 4.87. The van der Waals surface area contributed by atoms with Crippen LogP contribution in [0.3, 0.4) is 0 Å². The average Bonchev–Trinajstić information content (AvgIpc) is 2.66. The number of piperazine rings is 1. The van der Waals surface area contributed by atoms with E-state index in [9.17, 15) is 4.79 Å². The molecule has 0 unspecified atom stereocenters. The van der Waals surface area contributed by atoms with Gasteiger partial charge in [0.25, 0.3) is 11.7 Å². The van der Waals surface area contributed by atoms with Crippen molar-refractivity contribution in [3.8, 4) is 0 Å². The molecule has 1 aromatic carbocycles. The van der Waals surface area contributed by atoms with Crippen LogP contribution in [0.25, 0.3) is 0 Å². The largest absolute Gasteiger partial charge is 0.337 e. The number of pyridine rings is 1. The second-order valence-electron chi connectivity index (χ2n) is 6.66. The molecule has 138 valence electrons. The number of likely N-dealkylation sites (N-methyl/N-ethyl adjacent to an activating group) is 1. The predicted octanol–water partition coefficient (Wildman–Crippen LogP) is 1.17. The second-order valence-corrected chi connectivity index (χ2v) is 7.47. The van der Waals surface area contributed by atoms with E-state index in [0.29, 0.717) is 23.1 Å². The molecule has 1 saturated heterocycles. The van der Waals surface area contributed by atoms with E-state index < -0.39 is 0 Å². The van der Waals surface area contributed by atoms with Crippen molar-refractivity contribution in [3.05, 3.63) is 58.2 Å². The molecule has 7 heteroatoms. The number of rotatable bonds is 5. The van der Waals surface area contributed by atoms with E-state index in [2.05, 4.69) is 16.0 Å². The first-order chi connectivity index (χ1) is 12.5. The van der Waals surface area contributed by atoms with Gasteiger partial charge in [-0.25, -0.2) is 4.98 Å². The van der Waals surface area contributed by atoms with Crippen LogP contribution < -0.4 is 14.8 Å². The Kier molecular flexibility index (Phi) is 6.35. The van der Waals surface area contributed by atoms with Gasteiger partial charge in [-0.05, 0) is 23.8 Å². The van der Waals surface area contributed by atoms with Crippen molar-refractivity contribution in [2.75, 3.05) is 44.7 Å². The summed E-state index contributed by atoms with van der Waals surface area (Å²) in [6, 6.07) is 11.6. The molecule has 0 bridgehead atoms. The molecule has 2 N–H and O–H groups in total. The van der Waals surface area contributed by atoms with Crippen molar-refractivity contribution in [1.82, 2.24) is 4.90 Å². The number of quaternary nitrogens is 1. The maximum Gasteiger partial charge on any atom is 0.277 e. The molecule has 3 rings (SSSR count). The van der Waals surface area contributed by atoms with Crippen LogP contribution in [-0.4, -0.2) is 50.6 Å². The SMILES string of the molecule is CN(Cc1ccc(Cl)c(Cl)c1)C(=O)C[NH+]1CCN(c2cccc[nH+]2)CC1. The molecular weight excluding hydrogens is 371 g/mol. The van der Waals surface area contributed by atoms with Crippen LogP contribution in [0.1, 0.15) is 5.56 Å². The maximum atomic E-state index is 12.5. The summed E-state index contributed by atoms with van der Waals surface area (Å²) in [6.45, 7) is 4.85. The quantitative estimate of drug-likeness (QED) is 0.826.